The van der Waals surface area contributed by atoms with Gasteiger partial charge in [-0.1, -0.05) is 18.2 Å². The lowest BCUT2D eigenvalue weighted by molar-refractivity contribution is -0.124. The first-order valence-corrected chi connectivity index (χ1v) is 6.62. The standard InChI is InChI=1S/C16H10N2O5/c19-13-9(8-23-12-7-2-1-5-10(12)13)4-3-6-11-14(20)17-16(22)18-15(11)21/h1-8H,(H2,17,18,20,21,22)/b4-3+. The lowest BCUT2D eigenvalue weighted by atomic mass is 10.1. The number of para-hydroxylation sites is 1. The molecule has 0 saturated carbocycles. The van der Waals surface area contributed by atoms with Crippen molar-refractivity contribution in [2.45, 2.75) is 0 Å². The summed E-state index contributed by atoms with van der Waals surface area (Å²) in [7, 11) is 0. The van der Waals surface area contributed by atoms with Gasteiger partial charge in [0, 0.05) is 0 Å². The maximum atomic E-state index is 12.2. The van der Waals surface area contributed by atoms with Crippen molar-refractivity contribution in [1.29, 1.82) is 0 Å². The van der Waals surface area contributed by atoms with E-state index < -0.39 is 17.8 Å². The highest BCUT2D eigenvalue weighted by Gasteiger charge is 2.26. The molecule has 0 atom stereocenters. The molecule has 1 aliphatic rings. The number of imide groups is 2. The Morgan fingerprint density at radius 2 is 1.65 bits per heavy atom. The van der Waals surface area contributed by atoms with Gasteiger partial charge in [0.1, 0.15) is 17.4 Å². The molecular weight excluding hydrogens is 300 g/mol. The number of hydrogen-bond acceptors (Lipinski definition) is 5. The fourth-order valence-electron chi connectivity index (χ4n) is 2.08. The summed E-state index contributed by atoms with van der Waals surface area (Å²) in [6.45, 7) is 0. The van der Waals surface area contributed by atoms with E-state index in [1.54, 1.807) is 24.3 Å². The topological polar surface area (TPSA) is 105 Å². The van der Waals surface area contributed by atoms with E-state index in [4.69, 9.17) is 4.42 Å². The van der Waals surface area contributed by atoms with Crippen LogP contribution in [-0.4, -0.2) is 17.8 Å². The predicted octanol–water partition coefficient (Wildman–Crippen LogP) is 1.10. The van der Waals surface area contributed by atoms with Gasteiger partial charge in [0.25, 0.3) is 11.8 Å². The van der Waals surface area contributed by atoms with Crippen molar-refractivity contribution in [2.24, 2.45) is 0 Å². The summed E-state index contributed by atoms with van der Waals surface area (Å²) in [5.41, 5.74) is 0.283. The number of barbiturate groups is 1. The van der Waals surface area contributed by atoms with E-state index in [0.717, 1.165) is 0 Å². The monoisotopic (exact) mass is 310 g/mol. The van der Waals surface area contributed by atoms with Gasteiger partial charge in [0.2, 0.25) is 0 Å². The van der Waals surface area contributed by atoms with Crippen molar-refractivity contribution < 1.29 is 18.8 Å². The summed E-state index contributed by atoms with van der Waals surface area (Å²) in [6.07, 6.45) is 5.30. The molecule has 2 N–H and O–H groups in total. The number of carbonyl (C=O) groups excluding carboxylic acids is 3. The number of amides is 4. The lowest BCUT2D eigenvalue weighted by Crippen LogP contribution is -2.51. The second-order valence-electron chi connectivity index (χ2n) is 4.69. The highest BCUT2D eigenvalue weighted by molar-refractivity contribution is 6.29. The van der Waals surface area contributed by atoms with Crippen molar-refractivity contribution in [3.05, 3.63) is 64.0 Å². The van der Waals surface area contributed by atoms with E-state index >= 15 is 0 Å². The summed E-state index contributed by atoms with van der Waals surface area (Å²) in [5, 5.41) is 4.34. The van der Waals surface area contributed by atoms with Crippen LogP contribution in [0.1, 0.15) is 5.56 Å². The molecule has 1 aromatic heterocycles. The largest absolute Gasteiger partial charge is 0.463 e. The van der Waals surface area contributed by atoms with Crippen LogP contribution in [0.2, 0.25) is 0 Å². The Morgan fingerprint density at radius 1 is 0.957 bits per heavy atom. The van der Waals surface area contributed by atoms with E-state index in [9.17, 15) is 19.2 Å². The highest BCUT2D eigenvalue weighted by Crippen LogP contribution is 2.11. The number of rotatable bonds is 2. The van der Waals surface area contributed by atoms with Gasteiger partial charge in [-0.25, -0.2) is 4.79 Å². The van der Waals surface area contributed by atoms with Crippen LogP contribution in [0.25, 0.3) is 17.0 Å². The molecule has 4 amide bonds. The summed E-state index contributed by atoms with van der Waals surface area (Å²) in [6, 6.07) is 5.94. The van der Waals surface area contributed by atoms with Gasteiger partial charge >= 0.3 is 6.03 Å². The third kappa shape index (κ3) is 2.80. The number of allylic oxidation sites excluding steroid dienone is 2. The van der Waals surface area contributed by atoms with Crippen LogP contribution in [0.15, 0.2) is 57.5 Å². The summed E-state index contributed by atoms with van der Waals surface area (Å²) in [5.74, 6) is -1.59. The van der Waals surface area contributed by atoms with Crippen molar-refractivity contribution >= 4 is 34.9 Å². The summed E-state index contributed by atoms with van der Waals surface area (Å²) < 4.78 is 5.35. The van der Waals surface area contributed by atoms with Gasteiger partial charge in [-0.15, -0.1) is 0 Å². The molecular formula is C16H10N2O5. The molecule has 7 nitrogen and oxygen atoms in total. The molecule has 0 bridgehead atoms. The number of fused-ring (bicyclic) bond motifs is 1. The number of benzene rings is 1. The van der Waals surface area contributed by atoms with Gasteiger partial charge < -0.3 is 4.42 Å². The van der Waals surface area contributed by atoms with E-state index in [1.165, 1.54) is 24.5 Å². The minimum absolute atomic E-state index is 0.228. The minimum Gasteiger partial charge on any atom is -0.463 e. The normalized spacial score (nSPS) is 15.0. The van der Waals surface area contributed by atoms with Gasteiger partial charge in [0.15, 0.2) is 5.43 Å². The second kappa shape index (κ2) is 5.72. The fraction of sp³-hybridized carbons (Fsp3) is 0. The van der Waals surface area contributed by atoms with Crippen molar-refractivity contribution in [2.75, 3.05) is 0 Å². The number of hydrogen-bond donors (Lipinski definition) is 2. The molecule has 3 rings (SSSR count). The van der Waals surface area contributed by atoms with Crippen LogP contribution >= 0.6 is 0 Å². The first-order valence-electron chi connectivity index (χ1n) is 6.62. The Morgan fingerprint density at radius 3 is 2.39 bits per heavy atom. The zero-order valence-corrected chi connectivity index (χ0v) is 11.7. The van der Waals surface area contributed by atoms with E-state index in [-0.39, 0.29) is 16.6 Å². The van der Waals surface area contributed by atoms with Gasteiger partial charge in [-0.2, -0.15) is 0 Å². The van der Waals surface area contributed by atoms with Crippen molar-refractivity contribution in [3.63, 3.8) is 0 Å². The average molecular weight is 310 g/mol. The van der Waals surface area contributed by atoms with Gasteiger partial charge in [-0.05, 0) is 24.3 Å². The molecule has 114 valence electrons. The molecule has 0 aliphatic carbocycles. The zero-order chi connectivity index (χ0) is 16.4. The van der Waals surface area contributed by atoms with E-state index in [0.29, 0.717) is 11.0 Å². The Kier molecular flexibility index (Phi) is 3.60. The predicted molar refractivity (Wildman–Crippen MR) is 81.3 cm³/mol. The molecule has 7 heteroatoms. The molecule has 2 aromatic rings. The summed E-state index contributed by atoms with van der Waals surface area (Å²) in [4.78, 5) is 46.2. The quantitative estimate of drug-likeness (QED) is 0.638. The van der Waals surface area contributed by atoms with Crippen LogP contribution in [0.4, 0.5) is 4.79 Å². The Bertz CT molecular complexity index is 930. The molecule has 0 radical (unpaired) electrons. The Hall–Kier alpha value is -3.48. The SMILES string of the molecule is O=C1NC(=O)C(=C/C=C/c2coc3ccccc3c2=O)C(=O)N1. The van der Waals surface area contributed by atoms with Crippen molar-refractivity contribution in [1.82, 2.24) is 10.6 Å². The Labute approximate surface area is 129 Å². The van der Waals surface area contributed by atoms with Crippen LogP contribution in [0.3, 0.4) is 0 Å². The van der Waals surface area contributed by atoms with Crippen LogP contribution in [-0.2, 0) is 9.59 Å². The maximum absolute atomic E-state index is 12.2. The number of nitrogens with one attached hydrogen (secondary N) is 2. The molecule has 0 unspecified atom stereocenters. The lowest BCUT2D eigenvalue weighted by Gasteiger charge is -2.12. The summed E-state index contributed by atoms with van der Waals surface area (Å²) >= 11 is 0. The Balaban J connectivity index is 1.92. The van der Waals surface area contributed by atoms with E-state index in [2.05, 4.69) is 0 Å². The first-order chi connectivity index (χ1) is 11.1. The highest BCUT2D eigenvalue weighted by atomic mass is 16.3. The number of carbonyl (C=O) groups is 3. The smallest absolute Gasteiger partial charge is 0.328 e. The third-order valence-corrected chi connectivity index (χ3v) is 3.19. The molecule has 1 aromatic carbocycles. The molecule has 23 heavy (non-hydrogen) atoms. The molecule has 0 spiro atoms. The zero-order valence-electron chi connectivity index (χ0n) is 11.7. The second-order valence-corrected chi connectivity index (χ2v) is 4.69. The van der Waals surface area contributed by atoms with Crippen LogP contribution in [0.5, 0.6) is 0 Å². The first kappa shape index (κ1) is 14.5. The van der Waals surface area contributed by atoms with Gasteiger partial charge in [-0.3, -0.25) is 25.0 Å². The van der Waals surface area contributed by atoms with Crippen LogP contribution < -0.4 is 16.1 Å². The fourth-order valence-corrected chi connectivity index (χ4v) is 2.08. The molecule has 1 saturated heterocycles. The third-order valence-electron chi connectivity index (χ3n) is 3.19. The average Bonchev–Trinajstić information content (AvgIpc) is 2.52. The minimum atomic E-state index is -0.865. The number of urea groups is 1. The molecule has 2 heterocycles. The van der Waals surface area contributed by atoms with Crippen molar-refractivity contribution in [3.8, 4) is 0 Å². The van der Waals surface area contributed by atoms with Crippen LogP contribution in [0, 0.1) is 0 Å². The van der Waals surface area contributed by atoms with Gasteiger partial charge in [0.05, 0.1) is 10.9 Å². The van der Waals surface area contributed by atoms with E-state index in [1.807, 2.05) is 10.6 Å². The molecule has 1 fully saturated rings. The molecule has 1 aliphatic heterocycles. The maximum Gasteiger partial charge on any atom is 0.328 e.